The van der Waals surface area contributed by atoms with Crippen LogP contribution in [0.4, 0.5) is 0 Å². The van der Waals surface area contributed by atoms with Crippen molar-refractivity contribution in [2.45, 2.75) is 47.1 Å². The van der Waals surface area contributed by atoms with Gasteiger partial charge in [0, 0.05) is 31.3 Å². The van der Waals surface area contributed by atoms with E-state index in [0.717, 1.165) is 29.2 Å². The van der Waals surface area contributed by atoms with Gasteiger partial charge in [0.05, 0.1) is 13.2 Å². The highest BCUT2D eigenvalue weighted by atomic mass is 16.5. The number of nitrogens with one attached hydrogen (secondary N) is 1. The van der Waals surface area contributed by atoms with E-state index in [-0.39, 0.29) is 17.1 Å². The maximum atomic E-state index is 13.3. The van der Waals surface area contributed by atoms with Crippen molar-refractivity contribution in [1.82, 2.24) is 9.88 Å². The number of hydrogen-bond donors (Lipinski definition) is 1. The minimum Gasteiger partial charge on any atom is -0.464 e. The van der Waals surface area contributed by atoms with Crippen molar-refractivity contribution >= 4 is 11.7 Å². The van der Waals surface area contributed by atoms with Gasteiger partial charge in [-0.1, -0.05) is 13.8 Å². The number of rotatable bonds is 6. The molecule has 146 valence electrons. The van der Waals surface area contributed by atoms with Gasteiger partial charge in [0.25, 0.3) is 5.91 Å². The molecule has 0 radical (unpaired) electrons. The van der Waals surface area contributed by atoms with Crippen molar-refractivity contribution in [2.24, 2.45) is 5.41 Å². The molecule has 0 bridgehead atoms. The Morgan fingerprint density at radius 1 is 1.30 bits per heavy atom. The van der Waals surface area contributed by atoms with Gasteiger partial charge >= 0.3 is 0 Å². The molecule has 3 rings (SSSR count). The molecule has 1 aliphatic rings. The number of furan rings is 1. The molecule has 2 aromatic heterocycles. The third-order valence-electron chi connectivity index (χ3n) is 5.11. The fraction of sp³-hybridized carbons (Fsp3) is 0.524. The molecule has 27 heavy (non-hydrogen) atoms. The number of aromatic amines is 1. The zero-order valence-corrected chi connectivity index (χ0v) is 16.8. The van der Waals surface area contributed by atoms with Crippen LogP contribution in [-0.4, -0.2) is 41.8 Å². The van der Waals surface area contributed by atoms with Crippen LogP contribution in [-0.2, 0) is 17.7 Å². The highest BCUT2D eigenvalue weighted by Gasteiger charge is 2.36. The first-order chi connectivity index (χ1) is 12.7. The molecule has 1 N–H and O–H groups in total. The Hall–Kier alpha value is -2.34. The molecule has 1 aliphatic carbocycles. The summed E-state index contributed by atoms with van der Waals surface area (Å²) in [6.07, 6.45) is 1.27. The number of carbonyl (C=O) groups excluding carboxylic acids is 2. The number of methoxy groups -OCH3 is 1. The number of fused-ring (bicyclic) bond motifs is 1. The quantitative estimate of drug-likeness (QED) is 0.839. The van der Waals surface area contributed by atoms with E-state index in [2.05, 4.69) is 18.8 Å². The van der Waals surface area contributed by atoms with Gasteiger partial charge in [-0.15, -0.1) is 0 Å². The summed E-state index contributed by atoms with van der Waals surface area (Å²) in [6.45, 7) is 9.12. The minimum absolute atomic E-state index is 0.0941. The van der Waals surface area contributed by atoms with Gasteiger partial charge in [-0.25, -0.2) is 0 Å². The van der Waals surface area contributed by atoms with Crippen molar-refractivity contribution in [3.8, 4) is 0 Å². The number of amides is 1. The Morgan fingerprint density at radius 2 is 2.04 bits per heavy atom. The summed E-state index contributed by atoms with van der Waals surface area (Å²) in [6, 6.07) is 3.76. The number of ether oxygens (including phenoxy) is 1. The Morgan fingerprint density at radius 3 is 2.67 bits per heavy atom. The van der Waals surface area contributed by atoms with Crippen molar-refractivity contribution in [3.05, 3.63) is 46.2 Å². The van der Waals surface area contributed by atoms with Crippen molar-refractivity contribution in [1.29, 1.82) is 0 Å². The fourth-order valence-electron chi connectivity index (χ4n) is 3.82. The third-order valence-corrected chi connectivity index (χ3v) is 5.11. The summed E-state index contributed by atoms with van der Waals surface area (Å²) in [7, 11) is 1.61. The summed E-state index contributed by atoms with van der Waals surface area (Å²) < 4.78 is 10.8. The van der Waals surface area contributed by atoms with E-state index in [0.29, 0.717) is 37.4 Å². The van der Waals surface area contributed by atoms with Crippen LogP contribution in [0.25, 0.3) is 0 Å². The highest BCUT2D eigenvalue weighted by Crippen LogP contribution is 2.37. The molecular weight excluding hydrogens is 344 g/mol. The molecule has 0 atom stereocenters. The molecule has 0 aromatic carbocycles. The molecule has 0 fully saturated rings. The van der Waals surface area contributed by atoms with E-state index in [1.54, 1.807) is 12.0 Å². The van der Waals surface area contributed by atoms with Gasteiger partial charge in [-0.05, 0) is 43.4 Å². The van der Waals surface area contributed by atoms with Crippen LogP contribution in [0.2, 0.25) is 0 Å². The number of H-pyrrole nitrogens is 1. The molecular formula is C21H28N2O4. The molecule has 1 amide bonds. The fourth-order valence-corrected chi connectivity index (χ4v) is 3.82. The van der Waals surface area contributed by atoms with Crippen LogP contribution in [0.1, 0.15) is 63.9 Å². The normalized spacial score (nSPS) is 15.7. The van der Waals surface area contributed by atoms with E-state index in [4.69, 9.17) is 9.15 Å². The molecule has 6 heteroatoms. The van der Waals surface area contributed by atoms with Gasteiger partial charge in [-0.2, -0.15) is 0 Å². The van der Waals surface area contributed by atoms with Crippen LogP contribution >= 0.6 is 0 Å². The lowest BCUT2D eigenvalue weighted by molar-refractivity contribution is 0.0659. The van der Waals surface area contributed by atoms with Gasteiger partial charge in [0.1, 0.15) is 17.2 Å². The second-order valence-electron chi connectivity index (χ2n) is 8.15. The van der Waals surface area contributed by atoms with Crippen LogP contribution in [0.3, 0.4) is 0 Å². The van der Waals surface area contributed by atoms with E-state index < -0.39 is 0 Å². The Kier molecular flexibility index (Phi) is 5.29. The summed E-state index contributed by atoms with van der Waals surface area (Å²) in [5.74, 6) is 1.50. The van der Waals surface area contributed by atoms with Crippen molar-refractivity contribution in [3.63, 3.8) is 0 Å². The molecule has 0 unspecified atom stereocenters. The zero-order chi connectivity index (χ0) is 19.8. The van der Waals surface area contributed by atoms with Gasteiger partial charge in [0.15, 0.2) is 5.78 Å². The summed E-state index contributed by atoms with van der Waals surface area (Å²) in [5.41, 5.74) is 2.71. The zero-order valence-electron chi connectivity index (χ0n) is 16.8. The maximum absolute atomic E-state index is 13.3. The molecule has 0 aliphatic heterocycles. The van der Waals surface area contributed by atoms with Gasteiger partial charge in [-0.3, -0.25) is 9.59 Å². The molecule has 2 aromatic rings. The predicted octanol–water partition coefficient (Wildman–Crippen LogP) is 3.67. The number of ketones is 1. The number of aryl methyl sites for hydroxylation is 1. The van der Waals surface area contributed by atoms with E-state index in [1.807, 2.05) is 26.0 Å². The van der Waals surface area contributed by atoms with Crippen LogP contribution < -0.4 is 0 Å². The number of aromatic nitrogens is 1. The monoisotopic (exact) mass is 372 g/mol. The number of nitrogens with zero attached hydrogens (tertiary/aromatic N) is 1. The number of carbonyl (C=O) groups is 2. The maximum Gasteiger partial charge on any atom is 0.271 e. The van der Waals surface area contributed by atoms with Crippen LogP contribution in [0.15, 0.2) is 16.5 Å². The first-order valence-corrected chi connectivity index (χ1v) is 9.30. The highest BCUT2D eigenvalue weighted by molar-refractivity contribution is 6.04. The largest absolute Gasteiger partial charge is 0.464 e. The smallest absolute Gasteiger partial charge is 0.271 e. The minimum atomic E-state index is -0.140. The number of Topliss-reactive ketones (excluding diaryl/α,β-unsaturated/α-hetero) is 1. The van der Waals surface area contributed by atoms with Gasteiger partial charge < -0.3 is 19.0 Å². The standard InChI is InChI=1S/C21H28N2O4/c1-13-6-7-15(27-13)12-23(8-9-26-5)20(25)19-14(2)18-16(22-19)10-21(3,4)11-17(18)24/h6-7,22H,8-12H2,1-5H3. The third kappa shape index (κ3) is 4.00. The van der Waals surface area contributed by atoms with E-state index >= 15 is 0 Å². The Bertz CT molecular complexity index is 860. The van der Waals surface area contributed by atoms with Crippen molar-refractivity contribution in [2.75, 3.05) is 20.3 Å². The first-order valence-electron chi connectivity index (χ1n) is 9.30. The second-order valence-corrected chi connectivity index (χ2v) is 8.15. The molecule has 6 nitrogen and oxygen atoms in total. The molecule has 0 saturated carbocycles. The van der Waals surface area contributed by atoms with Crippen LogP contribution in [0.5, 0.6) is 0 Å². The topological polar surface area (TPSA) is 75.5 Å². The first kappa shape index (κ1) is 19.4. The predicted molar refractivity (Wildman–Crippen MR) is 102 cm³/mol. The average molecular weight is 372 g/mol. The summed E-state index contributed by atoms with van der Waals surface area (Å²) in [5, 5.41) is 0. The molecule has 0 spiro atoms. The van der Waals surface area contributed by atoms with E-state index in [1.165, 1.54) is 0 Å². The SMILES string of the molecule is COCCN(Cc1ccc(C)o1)C(=O)c1[nH]c2c(c1C)C(=O)CC(C)(C)C2. The summed E-state index contributed by atoms with van der Waals surface area (Å²) >= 11 is 0. The Balaban J connectivity index is 1.91. The number of hydrogen-bond acceptors (Lipinski definition) is 4. The molecule has 0 saturated heterocycles. The van der Waals surface area contributed by atoms with Gasteiger partial charge in [0.2, 0.25) is 0 Å². The lowest BCUT2D eigenvalue weighted by atomic mass is 9.75. The van der Waals surface area contributed by atoms with E-state index in [9.17, 15) is 9.59 Å². The molecule has 2 heterocycles. The van der Waals surface area contributed by atoms with Crippen molar-refractivity contribution < 1.29 is 18.7 Å². The summed E-state index contributed by atoms with van der Waals surface area (Å²) in [4.78, 5) is 30.8. The average Bonchev–Trinajstić information content (AvgIpc) is 3.12. The second kappa shape index (κ2) is 7.35. The lowest BCUT2D eigenvalue weighted by Gasteiger charge is -2.28. The Labute approximate surface area is 159 Å². The lowest BCUT2D eigenvalue weighted by Crippen LogP contribution is -2.34. The van der Waals surface area contributed by atoms with Crippen LogP contribution in [0, 0.1) is 19.3 Å².